The highest BCUT2D eigenvalue weighted by Crippen LogP contribution is 2.43. The lowest BCUT2D eigenvalue weighted by Gasteiger charge is -2.34. The summed E-state index contributed by atoms with van der Waals surface area (Å²) >= 11 is 0.773. The predicted molar refractivity (Wildman–Crippen MR) is 140 cm³/mol. The Balaban J connectivity index is 1.26. The van der Waals surface area contributed by atoms with E-state index in [0.717, 1.165) is 33.7 Å². The SMILES string of the molecule is NC(=O)c1sc2nc(N3CCC(NCC(O)c4ccc5ccccc5c4)CC3)cc(C(F)(F)F)c2c1N. The maximum absolute atomic E-state index is 13.9. The lowest BCUT2D eigenvalue weighted by molar-refractivity contribution is -0.136. The number of primary amides is 1. The first kappa shape index (κ1) is 25.2. The number of fused-ring (bicyclic) bond motifs is 2. The van der Waals surface area contributed by atoms with Crippen LogP contribution in [0.15, 0.2) is 48.5 Å². The van der Waals surface area contributed by atoms with Crippen LogP contribution in [-0.2, 0) is 6.18 Å². The lowest BCUT2D eigenvalue weighted by atomic mass is 10.0. The number of aliphatic hydroxyl groups excluding tert-OH is 1. The van der Waals surface area contributed by atoms with Crippen LogP contribution in [0, 0.1) is 0 Å². The molecular formula is C26H26F3N5O2S. The number of aromatic nitrogens is 1. The van der Waals surface area contributed by atoms with Crippen molar-refractivity contribution in [2.24, 2.45) is 5.73 Å². The summed E-state index contributed by atoms with van der Waals surface area (Å²) in [4.78, 5) is 17.7. The lowest BCUT2D eigenvalue weighted by Crippen LogP contribution is -2.44. The zero-order valence-corrected chi connectivity index (χ0v) is 20.6. The zero-order valence-electron chi connectivity index (χ0n) is 19.8. The van der Waals surface area contributed by atoms with E-state index in [1.54, 1.807) is 4.90 Å². The van der Waals surface area contributed by atoms with E-state index >= 15 is 0 Å². The molecule has 0 spiro atoms. The Labute approximate surface area is 214 Å². The van der Waals surface area contributed by atoms with E-state index in [1.807, 2.05) is 42.5 Å². The van der Waals surface area contributed by atoms with Gasteiger partial charge in [-0.3, -0.25) is 4.79 Å². The number of nitrogens with two attached hydrogens (primary N) is 2. The van der Waals surface area contributed by atoms with Crippen molar-refractivity contribution in [2.45, 2.75) is 31.2 Å². The Bertz CT molecular complexity index is 1460. The van der Waals surface area contributed by atoms with Crippen LogP contribution in [-0.4, -0.2) is 41.7 Å². The Morgan fingerprint density at radius 3 is 2.54 bits per heavy atom. The molecular weight excluding hydrogens is 503 g/mol. The second kappa shape index (κ2) is 9.81. The number of rotatable bonds is 6. The van der Waals surface area contributed by atoms with Crippen molar-refractivity contribution in [3.05, 3.63) is 64.5 Å². The molecule has 4 aromatic rings. The Morgan fingerprint density at radius 2 is 1.86 bits per heavy atom. The molecule has 1 aliphatic heterocycles. The van der Waals surface area contributed by atoms with Crippen LogP contribution in [0.1, 0.15) is 39.7 Å². The first-order chi connectivity index (χ1) is 17.6. The zero-order chi connectivity index (χ0) is 26.3. The normalized spacial score (nSPS) is 15.9. The fourth-order valence-corrected chi connectivity index (χ4v) is 5.77. The van der Waals surface area contributed by atoms with Crippen molar-refractivity contribution in [2.75, 3.05) is 30.3 Å². The number of benzene rings is 2. The van der Waals surface area contributed by atoms with Gasteiger partial charge in [0, 0.05) is 31.1 Å². The predicted octanol–water partition coefficient (Wildman–Crippen LogP) is 4.44. The van der Waals surface area contributed by atoms with Crippen LogP contribution >= 0.6 is 11.3 Å². The summed E-state index contributed by atoms with van der Waals surface area (Å²) < 4.78 is 41.6. The minimum Gasteiger partial charge on any atom is -0.397 e. The van der Waals surface area contributed by atoms with Crippen LogP contribution < -0.4 is 21.7 Å². The second-order valence-electron chi connectivity index (χ2n) is 9.21. The van der Waals surface area contributed by atoms with Gasteiger partial charge in [0.1, 0.15) is 15.5 Å². The maximum atomic E-state index is 13.9. The number of aliphatic hydroxyl groups is 1. The molecule has 1 amide bonds. The molecule has 0 aliphatic carbocycles. The number of carbonyl (C=O) groups is 1. The van der Waals surface area contributed by atoms with E-state index in [4.69, 9.17) is 11.5 Å². The van der Waals surface area contributed by atoms with Gasteiger partial charge in [0.15, 0.2) is 0 Å². The number of alkyl halides is 3. The number of thiophene rings is 1. The fraction of sp³-hybridized carbons (Fsp3) is 0.308. The number of nitrogens with one attached hydrogen (secondary N) is 1. The summed E-state index contributed by atoms with van der Waals surface area (Å²) in [7, 11) is 0. The number of amides is 1. The van der Waals surface area contributed by atoms with Crippen molar-refractivity contribution in [3.8, 4) is 0 Å². The molecule has 0 bridgehead atoms. The van der Waals surface area contributed by atoms with Gasteiger partial charge >= 0.3 is 6.18 Å². The molecule has 3 heterocycles. The first-order valence-corrected chi connectivity index (χ1v) is 12.7. The van der Waals surface area contributed by atoms with Crippen LogP contribution in [0.5, 0.6) is 0 Å². The number of nitrogens with zero attached hydrogens (tertiary/aromatic N) is 2. The first-order valence-electron chi connectivity index (χ1n) is 11.9. The summed E-state index contributed by atoms with van der Waals surface area (Å²) in [6, 6.07) is 14.9. The number of piperidine rings is 1. The van der Waals surface area contributed by atoms with E-state index < -0.39 is 23.8 Å². The number of hydrogen-bond donors (Lipinski definition) is 4. The highest BCUT2D eigenvalue weighted by atomic mass is 32.1. The largest absolute Gasteiger partial charge is 0.417 e. The quantitative estimate of drug-likeness (QED) is 0.293. The van der Waals surface area contributed by atoms with Crippen molar-refractivity contribution in [3.63, 3.8) is 0 Å². The molecule has 0 radical (unpaired) electrons. The monoisotopic (exact) mass is 529 g/mol. The van der Waals surface area contributed by atoms with E-state index in [9.17, 15) is 23.1 Å². The Hall–Kier alpha value is -3.41. The molecule has 2 aromatic carbocycles. The third-order valence-corrected chi connectivity index (χ3v) is 7.91. The molecule has 5 rings (SSSR count). The van der Waals surface area contributed by atoms with Crippen molar-refractivity contribution >= 4 is 49.7 Å². The van der Waals surface area contributed by atoms with Gasteiger partial charge in [0.25, 0.3) is 5.91 Å². The van der Waals surface area contributed by atoms with Gasteiger partial charge in [-0.05, 0) is 41.3 Å². The van der Waals surface area contributed by atoms with Gasteiger partial charge in [-0.15, -0.1) is 11.3 Å². The molecule has 194 valence electrons. The van der Waals surface area contributed by atoms with Gasteiger partial charge < -0.3 is 26.8 Å². The standard InChI is InChI=1S/C26H26F3N5O2S/c27-26(28,29)18-12-20(33-25-21(18)22(30)23(37-25)24(31)36)34-9-7-17(8-10-34)32-13-19(35)16-6-5-14-3-1-2-4-15(14)11-16/h1-6,11-12,17,19,32,35H,7-10,13,30H2,(H2,31,36). The molecule has 37 heavy (non-hydrogen) atoms. The van der Waals surface area contributed by atoms with Gasteiger partial charge in [-0.25, -0.2) is 4.98 Å². The van der Waals surface area contributed by atoms with Crippen LogP contribution in [0.25, 0.3) is 21.0 Å². The summed E-state index contributed by atoms with van der Waals surface area (Å²) in [5.41, 5.74) is 10.7. The van der Waals surface area contributed by atoms with E-state index in [0.29, 0.717) is 32.5 Å². The number of pyridine rings is 1. The highest BCUT2D eigenvalue weighted by molar-refractivity contribution is 7.21. The van der Waals surface area contributed by atoms with Crippen molar-refractivity contribution < 1.29 is 23.1 Å². The summed E-state index contributed by atoms with van der Waals surface area (Å²) in [6.45, 7) is 1.35. The highest BCUT2D eigenvalue weighted by Gasteiger charge is 2.37. The maximum Gasteiger partial charge on any atom is 0.417 e. The molecule has 1 fully saturated rings. The van der Waals surface area contributed by atoms with Crippen LogP contribution in [0.3, 0.4) is 0 Å². The summed E-state index contributed by atoms with van der Waals surface area (Å²) in [5.74, 6) is -0.695. The van der Waals surface area contributed by atoms with Crippen molar-refractivity contribution in [1.82, 2.24) is 10.3 Å². The third kappa shape index (κ3) is 5.07. The average molecular weight is 530 g/mol. The molecule has 7 nitrogen and oxygen atoms in total. The molecule has 1 atom stereocenters. The second-order valence-corrected chi connectivity index (χ2v) is 10.2. The Kier molecular flexibility index (Phi) is 6.69. The third-order valence-electron chi connectivity index (χ3n) is 6.79. The van der Waals surface area contributed by atoms with Gasteiger partial charge in [0.05, 0.1) is 17.4 Å². The van der Waals surface area contributed by atoms with E-state index in [1.165, 1.54) is 0 Å². The fourth-order valence-electron chi connectivity index (χ4n) is 4.80. The summed E-state index contributed by atoms with van der Waals surface area (Å²) in [6.07, 6.45) is -4.00. The number of carbonyl (C=O) groups excluding carboxylic acids is 1. The molecule has 6 N–H and O–H groups in total. The Morgan fingerprint density at radius 1 is 1.16 bits per heavy atom. The van der Waals surface area contributed by atoms with Gasteiger partial charge in [-0.1, -0.05) is 36.4 Å². The molecule has 0 saturated carbocycles. The molecule has 1 unspecified atom stereocenters. The van der Waals surface area contributed by atoms with E-state index in [-0.39, 0.29) is 32.6 Å². The smallest absolute Gasteiger partial charge is 0.397 e. The van der Waals surface area contributed by atoms with Crippen molar-refractivity contribution in [1.29, 1.82) is 0 Å². The number of halogens is 3. The average Bonchev–Trinajstić information content (AvgIpc) is 3.22. The van der Waals surface area contributed by atoms with E-state index in [2.05, 4.69) is 10.3 Å². The molecule has 2 aromatic heterocycles. The van der Waals surface area contributed by atoms with Crippen LogP contribution in [0.4, 0.5) is 24.7 Å². The minimum absolute atomic E-state index is 0.0369. The molecule has 1 aliphatic rings. The number of hydrogen-bond acceptors (Lipinski definition) is 7. The van der Waals surface area contributed by atoms with Crippen LogP contribution in [0.2, 0.25) is 0 Å². The molecule has 11 heteroatoms. The number of anilines is 2. The van der Waals surface area contributed by atoms with Gasteiger partial charge in [0.2, 0.25) is 0 Å². The van der Waals surface area contributed by atoms with Gasteiger partial charge in [-0.2, -0.15) is 13.2 Å². The number of nitrogen functional groups attached to an aromatic ring is 1. The summed E-state index contributed by atoms with van der Waals surface area (Å²) in [5, 5.41) is 15.9. The topological polar surface area (TPSA) is 118 Å². The molecule has 1 saturated heterocycles. The minimum atomic E-state index is -4.67.